The summed E-state index contributed by atoms with van der Waals surface area (Å²) in [5.74, 6) is -0.184. The van der Waals surface area contributed by atoms with Crippen LogP contribution in [0.15, 0.2) is 41.5 Å². The number of nitrogens with zero attached hydrogens (tertiary/aromatic N) is 2. The average Bonchev–Trinajstić information content (AvgIpc) is 2.95. The Morgan fingerprint density at radius 1 is 1.27 bits per heavy atom. The van der Waals surface area contributed by atoms with Crippen LogP contribution < -0.4 is 10.9 Å². The van der Waals surface area contributed by atoms with Gasteiger partial charge in [0.05, 0.1) is 11.7 Å². The average molecular weight is 369 g/mol. The number of nitrogens with one attached hydrogen (secondary N) is 1. The van der Waals surface area contributed by atoms with E-state index in [-0.39, 0.29) is 23.6 Å². The Morgan fingerprint density at radius 3 is 2.62 bits per heavy atom. The van der Waals surface area contributed by atoms with Gasteiger partial charge in [-0.3, -0.25) is 14.2 Å². The van der Waals surface area contributed by atoms with Crippen LogP contribution in [-0.2, 0) is 11.3 Å². The summed E-state index contributed by atoms with van der Waals surface area (Å²) in [4.78, 5) is 31.4. The number of hydrogen-bond acceptors (Lipinski definition) is 4. The van der Waals surface area contributed by atoms with E-state index >= 15 is 0 Å². The lowest BCUT2D eigenvalue weighted by atomic mass is 10.0. The van der Waals surface area contributed by atoms with Crippen molar-refractivity contribution in [2.45, 2.75) is 46.2 Å². The number of carbonyl (C=O) groups excluding carboxylic acids is 1. The van der Waals surface area contributed by atoms with Gasteiger partial charge in [-0.15, -0.1) is 11.3 Å². The van der Waals surface area contributed by atoms with E-state index in [2.05, 4.69) is 10.3 Å². The van der Waals surface area contributed by atoms with Crippen molar-refractivity contribution in [2.75, 3.05) is 0 Å². The molecule has 1 aromatic carbocycles. The minimum atomic E-state index is -0.295. The lowest BCUT2D eigenvalue weighted by Gasteiger charge is -2.24. The highest BCUT2D eigenvalue weighted by Crippen LogP contribution is 2.35. The molecule has 3 aromatic rings. The minimum Gasteiger partial charge on any atom is -0.350 e. The minimum absolute atomic E-state index is 0.0266. The van der Waals surface area contributed by atoms with Crippen molar-refractivity contribution in [3.05, 3.63) is 52.6 Å². The fourth-order valence-electron chi connectivity index (χ4n) is 2.80. The van der Waals surface area contributed by atoms with Crippen LogP contribution in [0.25, 0.3) is 20.7 Å². The number of thiophene rings is 1. The molecule has 0 atom stereocenters. The molecule has 0 bridgehead atoms. The maximum atomic E-state index is 12.9. The molecule has 0 spiro atoms. The summed E-state index contributed by atoms with van der Waals surface area (Å²) in [6, 6.07) is 9.97. The largest absolute Gasteiger partial charge is 0.350 e. The number of aromatic nitrogens is 2. The molecule has 0 aliphatic rings. The maximum Gasteiger partial charge on any atom is 0.262 e. The second kappa shape index (κ2) is 7.03. The second-order valence-electron chi connectivity index (χ2n) is 7.07. The van der Waals surface area contributed by atoms with Crippen molar-refractivity contribution in [2.24, 2.45) is 0 Å². The Morgan fingerprint density at radius 2 is 1.96 bits per heavy atom. The van der Waals surface area contributed by atoms with Crippen molar-refractivity contribution >= 4 is 27.5 Å². The molecule has 26 heavy (non-hydrogen) atoms. The van der Waals surface area contributed by atoms with Gasteiger partial charge in [0.25, 0.3) is 5.56 Å². The summed E-state index contributed by atoms with van der Waals surface area (Å²) in [6.45, 7) is 7.85. The van der Waals surface area contributed by atoms with Crippen LogP contribution in [-0.4, -0.2) is 21.0 Å². The number of benzene rings is 1. The normalized spacial score (nSPS) is 11.7. The van der Waals surface area contributed by atoms with E-state index in [0.29, 0.717) is 10.2 Å². The molecule has 1 N–H and O–H groups in total. The van der Waals surface area contributed by atoms with Gasteiger partial charge in [-0.05, 0) is 38.3 Å². The summed E-state index contributed by atoms with van der Waals surface area (Å²) in [6.07, 6.45) is 2.28. The van der Waals surface area contributed by atoms with Gasteiger partial charge in [0.15, 0.2) is 0 Å². The summed E-state index contributed by atoms with van der Waals surface area (Å²) in [5, 5.41) is 3.55. The first kappa shape index (κ1) is 18.3. The predicted octanol–water partition coefficient (Wildman–Crippen LogP) is 3.74. The molecule has 136 valence electrons. The Kier molecular flexibility index (Phi) is 4.96. The van der Waals surface area contributed by atoms with E-state index in [1.807, 2.05) is 58.0 Å². The van der Waals surface area contributed by atoms with Gasteiger partial charge in [-0.2, -0.15) is 0 Å². The highest BCUT2D eigenvalue weighted by molar-refractivity contribution is 7.22. The molecule has 2 aromatic heterocycles. The van der Waals surface area contributed by atoms with Crippen LogP contribution in [0.2, 0.25) is 0 Å². The van der Waals surface area contributed by atoms with Gasteiger partial charge in [0.1, 0.15) is 11.4 Å². The first-order valence-corrected chi connectivity index (χ1v) is 9.49. The molecule has 0 fully saturated rings. The zero-order chi connectivity index (χ0) is 18.9. The SMILES string of the molecule is CCC(C)(C)NC(=O)Cn1cnc2sc(-c3ccccc3)c(C)c2c1=O. The third kappa shape index (κ3) is 3.55. The molecule has 1 amide bonds. The van der Waals surface area contributed by atoms with Gasteiger partial charge in [0, 0.05) is 10.4 Å². The third-order valence-corrected chi connectivity index (χ3v) is 5.88. The van der Waals surface area contributed by atoms with E-state index in [9.17, 15) is 9.59 Å². The fraction of sp³-hybridized carbons (Fsp3) is 0.350. The molecule has 3 rings (SSSR count). The molecule has 2 heterocycles. The van der Waals surface area contributed by atoms with Crippen molar-refractivity contribution in [1.82, 2.24) is 14.9 Å². The van der Waals surface area contributed by atoms with E-state index in [1.54, 1.807) is 0 Å². The number of carbonyl (C=O) groups is 1. The Hall–Kier alpha value is -2.47. The van der Waals surface area contributed by atoms with Crippen molar-refractivity contribution in [3.63, 3.8) is 0 Å². The number of fused-ring (bicyclic) bond motifs is 1. The smallest absolute Gasteiger partial charge is 0.262 e. The number of aryl methyl sites for hydroxylation is 1. The first-order chi connectivity index (χ1) is 12.3. The molecule has 0 saturated carbocycles. The van der Waals surface area contributed by atoms with Crippen molar-refractivity contribution in [1.29, 1.82) is 0 Å². The van der Waals surface area contributed by atoms with Crippen LogP contribution in [0.5, 0.6) is 0 Å². The van der Waals surface area contributed by atoms with E-state index in [1.165, 1.54) is 22.2 Å². The molecule has 0 aliphatic carbocycles. The zero-order valence-electron chi connectivity index (χ0n) is 15.5. The summed E-state index contributed by atoms with van der Waals surface area (Å²) < 4.78 is 1.39. The topological polar surface area (TPSA) is 64.0 Å². The Bertz CT molecular complexity index is 1000. The Balaban J connectivity index is 1.98. The fourth-order valence-corrected chi connectivity index (χ4v) is 3.94. The third-order valence-electron chi connectivity index (χ3n) is 4.63. The summed E-state index contributed by atoms with van der Waals surface area (Å²) in [7, 11) is 0. The highest BCUT2D eigenvalue weighted by Gasteiger charge is 2.20. The molecule has 6 heteroatoms. The highest BCUT2D eigenvalue weighted by atomic mass is 32.1. The second-order valence-corrected chi connectivity index (χ2v) is 8.06. The van der Waals surface area contributed by atoms with Crippen molar-refractivity contribution in [3.8, 4) is 10.4 Å². The maximum absolute atomic E-state index is 12.9. The first-order valence-electron chi connectivity index (χ1n) is 8.67. The van der Waals surface area contributed by atoms with Crippen LogP contribution >= 0.6 is 11.3 Å². The van der Waals surface area contributed by atoms with Gasteiger partial charge in [-0.25, -0.2) is 4.98 Å². The van der Waals surface area contributed by atoms with Crippen LogP contribution in [0.4, 0.5) is 0 Å². The molecular weight excluding hydrogens is 346 g/mol. The molecule has 5 nitrogen and oxygen atoms in total. The van der Waals surface area contributed by atoms with Crippen LogP contribution in [0, 0.1) is 6.92 Å². The van der Waals surface area contributed by atoms with Gasteiger partial charge in [-0.1, -0.05) is 37.3 Å². The lowest BCUT2D eigenvalue weighted by Crippen LogP contribution is -2.45. The zero-order valence-corrected chi connectivity index (χ0v) is 16.3. The van der Waals surface area contributed by atoms with Gasteiger partial charge >= 0.3 is 0 Å². The number of hydrogen-bond donors (Lipinski definition) is 1. The van der Waals surface area contributed by atoms with Gasteiger partial charge in [0.2, 0.25) is 5.91 Å². The number of amides is 1. The van der Waals surface area contributed by atoms with Crippen LogP contribution in [0.1, 0.15) is 32.8 Å². The summed E-state index contributed by atoms with van der Waals surface area (Å²) in [5.41, 5.74) is 1.52. The molecule has 0 unspecified atom stereocenters. The summed E-state index contributed by atoms with van der Waals surface area (Å²) >= 11 is 1.51. The molecular formula is C20H23N3O2S. The predicted molar refractivity (Wildman–Crippen MR) is 107 cm³/mol. The Labute approximate surface area is 156 Å². The quantitative estimate of drug-likeness (QED) is 0.745. The molecule has 0 radical (unpaired) electrons. The van der Waals surface area contributed by atoms with Gasteiger partial charge < -0.3 is 5.32 Å². The number of rotatable bonds is 5. The van der Waals surface area contributed by atoms with E-state index < -0.39 is 0 Å². The van der Waals surface area contributed by atoms with Crippen molar-refractivity contribution < 1.29 is 4.79 Å². The molecule has 0 saturated heterocycles. The monoisotopic (exact) mass is 369 g/mol. The molecule has 0 aliphatic heterocycles. The standard InChI is InChI=1S/C20H23N3O2S/c1-5-20(3,4)22-15(24)11-23-12-21-18-16(19(23)25)13(2)17(26-18)14-9-7-6-8-10-14/h6-10,12H,5,11H2,1-4H3,(H,22,24). The van der Waals surface area contributed by atoms with Crippen LogP contribution in [0.3, 0.4) is 0 Å². The lowest BCUT2D eigenvalue weighted by molar-refractivity contribution is -0.123. The van der Waals surface area contributed by atoms with E-state index in [0.717, 1.165) is 22.4 Å². The van der Waals surface area contributed by atoms with E-state index in [4.69, 9.17) is 0 Å².